The lowest BCUT2D eigenvalue weighted by Gasteiger charge is -2.08. The normalized spacial score (nSPS) is 10.5. The number of aryl methyl sites for hydroxylation is 1. The van der Waals surface area contributed by atoms with Crippen LogP contribution in [-0.2, 0) is 6.61 Å². The third kappa shape index (κ3) is 4.05. The maximum Gasteiger partial charge on any atom is 0.185 e. The molecule has 0 saturated carbocycles. The highest BCUT2D eigenvalue weighted by Crippen LogP contribution is 2.35. The Labute approximate surface area is 165 Å². The molecule has 0 aliphatic carbocycles. The van der Waals surface area contributed by atoms with Crippen LogP contribution < -0.4 is 4.74 Å². The fraction of sp³-hybridized carbons (Fsp3) is 0.136. The third-order valence-corrected chi connectivity index (χ3v) is 4.26. The zero-order chi connectivity index (χ0) is 21.0. The molecule has 0 aliphatic rings. The van der Waals surface area contributed by atoms with Gasteiger partial charge in [-0.3, -0.25) is 4.79 Å². The van der Waals surface area contributed by atoms with E-state index in [0.29, 0.717) is 40.1 Å². The summed E-state index contributed by atoms with van der Waals surface area (Å²) >= 11 is 0. The maximum absolute atomic E-state index is 14.1. The summed E-state index contributed by atoms with van der Waals surface area (Å²) in [5.41, 5.74) is 1.97. The first kappa shape index (κ1) is 20.3. The second-order valence-electron chi connectivity index (χ2n) is 6.08. The minimum absolute atomic E-state index is 0.147. The Balaban J connectivity index is 0.00000117. The molecule has 0 saturated heterocycles. The number of ether oxygens (including phenoxy) is 1. The Kier molecular flexibility index (Phi) is 6.09. The van der Waals surface area contributed by atoms with Crippen LogP contribution in [0.15, 0.2) is 57.6 Å². The van der Waals surface area contributed by atoms with Crippen molar-refractivity contribution in [3.63, 3.8) is 0 Å². The van der Waals surface area contributed by atoms with Gasteiger partial charge in [0, 0.05) is 12.7 Å². The van der Waals surface area contributed by atoms with Crippen LogP contribution in [0.3, 0.4) is 0 Å². The molecule has 2 aromatic heterocycles. The number of fused-ring (bicyclic) bond motifs is 1. The molecule has 0 fully saturated rings. The topological polar surface area (TPSA) is 72.8 Å². The smallest absolute Gasteiger partial charge is 0.185 e. The van der Waals surface area contributed by atoms with Crippen molar-refractivity contribution >= 4 is 17.3 Å². The molecule has 4 aromatic rings. The average molecular weight is 400 g/mol. The second-order valence-corrected chi connectivity index (χ2v) is 6.08. The number of aliphatic hydroxyl groups is 1. The number of hydrogen-bond acceptors (Lipinski definition) is 5. The van der Waals surface area contributed by atoms with Crippen LogP contribution in [-0.4, -0.2) is 18.5 Å². The summed E-state index contributed by atoms with van der Waals surface area (Å²) in [6, 6.07) is 11.2. The van der Waals surface area contributed by atoms with Gasteiger partial charge in [0.05, 0.1) is 11.6 Å². The maximum atomic E-state index is 14.1. The molecule has 0 aliphatic heterocycles. The zero-order valence-electron chi connectivity index (χ0n) is 15.7. The van der Waals surface area contributed by atoms with E-state index in [1.807, 2.05) is 0 Å². The van der Waals surface area contributed by atoms with Gasteiger partial charge < -0.3 is 18.7 Å². The number of furan rings is 2. The molecule has 0 bridgehead atoms. The summed E-state index contributed by atoms with van der Waals surface area (Å²) < 4.78 is 44.3. The van der Waals surface area contributed by atoms with Gasteiger partial charge in [-0.15, -0.1) is 0 Å². The van der Waals surface area contributed by atoms with Crippen molar-refractivity contribution in [3.8, 4) is 16.9 Å². The Morgan fingerprint density at radius 2 is 1.83 bits per heavy atom. The molecular weight excluding hydrogens is 382 g/mol. The number of carbonyl (C=O) groups excluding carboxylic acids is 1. The van der Waals surface area contributed by atoms with Crippen LogP contribution in [0.25, 0.3) is 22.1 Å². The summed E-state index contributed by atoms with van der Waals surface area (Å²) in [6.45, 7) is 1.83. The Morgan fingerprint density at radius 3 is 2.48 bits per heavy atom. The first-order valence-electron chi connectivity index (χ1n) is 8.64. The summed E-state index contributed by atoms with van der Waals surface area (Å²) in [6.07, 6.45) is 2.03. The van der Waals surface area contributed by atoms with Crippen LogP contribution in [0.5, 0.6) is 5.75 Å². The first-order chi connectivity index (χ1) is 14.1. The van der Waals surface area contributed by atoms with Crippen LogP contribution in [0.2, 0.25) is 0 Å². The van der Waals surface area contributed by atoms with Crippen LogP contribution in [0.1, 0.15) is 21.9 Å². The molecule has 0 unspecified atom stereocenters. The number of halogens is 2. The number of aldehydes is 1. The minimum atomic E-state index is -0.925. The van der Waals surface area contributed by atoms with E-state index in [0.717, 1.165) is 13.2 Å². The van der Waals surface area contributed by atoms with Crippen molar-refractivity contribution in [2.24, 2.45) is 0 Å². The van der Waals surface area contributed by atoms with Gasteiger partial charge in [-0.25, -0.2) is 8.78 Å². The summed E-state index contributed by atoms with van der Waals surface area (Å²) in [5, 5.41) is 7.15. The number of benzene rings is 2. The van der Waals surface area contributed by atoms with Crippen molar-refractivity contribution in [2.75, 3.05) is 7.11 Å². The molecule has 1 N–H and O–H groups in total. The molecule has 7 heteroatoms. The highest BCUT2D eigenvalue weighted by Gasteiger charge is 2.18. The summed E-state index contributed by atoms with van der Waals surface area (Å²) in [4.78, 5) is 10.6. The quantitative estimate of drug-likeness (QED) is 0.462. The fourth-order valence-corrected chi connectivity index (χ4v) is 2.93. The van der Waals surface area contributed by atoms with E-state index < -0.39 is 11.6 Å². The van der Waals surface area contributed by atoms with Gasteiger partial charge in [0.25, 0.3) is 0 Å². The Morgan fingerprint density at radius 1 is 1.10 bits per heavy atom. The van der Waals surface area contributed by atoms with E-state index >= 15 is 0 Å². The van der Waals surface area contributed by atoms with E-state index in [4.69, 9.17) is 18.7 Å². The van der Waals surface area contributed by atoms with Crippen molar-refractivity contribution in [2.45, 2.75) is 13.5 Å². The standard InChI is InChI=1S/C21H14F2O4.CH4O/c1-12-10-26-21-17(8-18(22)20(23)19(12)21)13-2-4-14(5-3-13)25-11-16-7-6-15(9-24)27-16;1-2/h2-10H,11H2,1H3;2H,1H3. The van der Waals surface area contributed by atoms with Crippen molar-refractivity contribution in [3.05, 3.63) is 77.4 Å². The number of hydrogen-bond donors (Lipinski definition) is 1. The number of rotatable bonds is 5. The highest BCUT2D eigenvalue weighted by molar-refractivity contribution is 5.94. The van der Waals surface area contributed by atoms with Crippen molar-refractivity contribution in [1.29, 1.82) is 0 Å². The average Bonchev–Trinajstić information content (AvgIpc) is 3.38. The number of aliphatic hydroxyl groups excluding tert-OH is 1. The largest absolute Gasteiger partial charge is 0.486 e. The van der Waals surface area contributed by atoms with Crippen LogP contribution >= 0.6 is 0 Å². The van der Waals surface area contributed by atoms with E-state index in [1.165, 1.54) is 6.26 Å². The lowest BCUT2D eigenvalue weighted by molar-refractivity contribution is 0.109. The van der Waals surface area contributed by atoms with Gasteiger partial charge in [-0.2, -0.15) is 0 Å². The molecule has 0 radical (unpaired) electrons. The SMILES string of the molecule is CO.Cc1coc2c(-c3ccc(OCc4ccc(C=O)o4)cc3)cc(F)c(F)c12. The Bertz CT molecular complexity index is 1130. The fourth-order valence-electron chi connectivity index (χ4n) is 2.93. The Hall–Kier alpha value is -3.45. The molecule has 0 spiro atoms. The van der Waals surface area contributed by atoms with Crippen molar-refractivity contribution < 1.29 is 32.3 Å². The molecule has 4 rings (SSSR count). The minimum Gasteiger partial charge on any atom is -0.486 e. The highest BCUT2D eigenvalue weighted by atomic mass is 19.2. The van der Waals surface area contributed by atoms with Gasteiger partial charge in [-0.1, -0.05) is 12.1 Å². The third-order valence-electron chi connectivity index (χ3n) is 4.26. The number of carbonyl (C=O) groups is 1. The van der Waals surface area contributed by atoms with Crippen molar-refractivity contribution in [1.82, 2.24) is 0 Å². The lowest BCUT2D eigenvalue weighted by atomic mass is 10.0. The molecular formula is C22H18F2O5. The van der Waals surface area contributed by atoms with Crippen LogP contribution in [0, 0.1) is 18.6 Å². The zero-order valence-corrected chi connectivity index (χ0v) is 15.7. The molecule has 0 atom stereocenters. The predicted molar refractivity (Wildman–Crippen MR) is 103 cm³/mol. The predicted octanol–water partition coefficient (Wildman–Crippen LogP) is 5.28. The van der Waals surface area contributed by atoms with E-state index in [1.54, 1.807) is 43.3 Å². The summed E-state index contributed by atoms with van der Waals surface area (Å²) in [5.74, 6) is -0.508. The van der Waals surface area contributed by atoms with E-state index in [-0.39, 0.29) is 17.8 Å². The molecule has 150 valence electrons. The van der Waals surface area contributed by atoms with Gasteiger partial charge in [-0.05, 0) is 48.4 Å². The first-order valence-corrected chi connectivity index (χ1v) is 8.64. The molecule has 5 nitrogen and oxygen atoms in total. The van der Waals surface area contributed by atoms with E-state index in [9.17, 15) is 13.6 Å². The van der Waals surface area contributed by atoms with Crippen LogP contribution in [0.4, 0.5) is 8.78 Å². The monoisotopic (exact) mass is 400 g/mol. The van der Waals surface area contributed by atoms with Gasteiger partial charge in [0.15, 0.2) is 23.7 Å². The van der Waals surface area contributed by atoms with Gasteiger partial charge >= 0.3 is 0 Å². The molecule has 29 heavy (non-hydrogen) atoms. The second kappa shape index (κ2) is 8.70. The molecule has 0 amide bonds. The summed E-state index contributed by atoms with van der Waals surface area (Å²) in [7, 11) is 1.00. The van der Waals surface area contributed by atoms with Gasteiger partial charge in [0.1, 0.15) is 23.7 Å². The molecule has 2 aromatic carbocycles. The molecule has 2 heterocycles. The van der Waals surface area contributed by atoms with Gasteiger partial charge in [0.2, 0.25) is 0 Å². The van der Waals surface area contributed by atoms with E-state index in [2.05, 4.69) is 0 Å². The lowest BCUT2D eigenvalue weighted by Crippen LogP contribution is -1.94.